The van der Waals surface area contributed by atoms with Crippen molar-refractivity contribution in [3.8, 4) is 0 Å². The molecule has 22 heavy (non-hydrogen) atoms. The number of carbonyl (C=O) groups excluding carboxylic acids is 1. The molecule has 5 heteroatoms. The fourth-order valence-corrected chi connectivity index (χ4v) is 3.38. The second kappa shape index (κ2) is 6.29. The van der Waals surface area contributed by atoms with E-state index in [1.165, 1.54) is 12.8 Å². The number of hydrogen-bond donors (Lipinski definition) is 1. The molecule has 1 aliphatic heterocycles. The number of nitrogens with zero attached hydrogens (tertiary/aromatic N) is 1. The van der Waals surface area contributed by atoms with Crippen LogP contribution in [0.15, 0.2) is 24.3 Å². The predicted molar refractivity (Wildman–Crippen MR) is 83.6 cm³/mol. The fourth-order valence-electron chi connectivity index (χ4n) is 3.25. The highest BCUT2D eigenvalue weighted by Gasteiger charge is 2.39. The van der Waals surface area contributed by atoms with Crippen LogP contribution in [0.1, 0.15) is 43.7 Å². The van der Waals surface area contributed by atoms with Gasteiger partial charge in [0.05, 0.1) is 12.5 Å². The minimum Gasteiger partial charge on any atom is -0.481 e. The van der Waals surface area contributed by atoms with E-state index in [0.29, 0.717) is 17.4 Å². The molecule has 1 unspecified atom stereocenters. The van der Waals surface area contributed by atoms with E-state index >= 15 is 0 Å². The van der Waals surface area contributed by atoms with Crippen molar-refractivity contribution in [3.05, 3.63) is 34.9 Å². The van der Waals surface area contributed by atoms with E-state index in [-0.39, 0.29) is 24.3 Å². The zero-order valence-electron chi connectivity index (χ0n) is 12.4. The quantitative estimate of drug-likeness (QED) is 0.903. The number of rotatable bonds is 5. The Balaban J connectivity index is 1.81. The van der Waals surface area contributed by atoms with Crippen LogP contribution in [0, 0.1) is 11.8 Å². The summed E-state index contributed by atoms with van der Waals surface area (Å²) in [6.45, 7) is 0.752. The van der Waals surface area contributed by atoms with Gasteiger partial charge in [-0.3, -0.25) is 9.59 Å². The van der Waals surface area contributed by atoms with Gasteiger partial charge in [0.15, 0.2) is 0 Å². The van der Waals surface area contributed by atoms with E-state index < -0.39 is 5.97 Å². The standard InChI is InChI=1S/C17H20ClNO3/c18-14-6-3-12(4-7-14)15-8-5-13(9-16(20)21)17(22)19(15)10-11-1-2-11/h3-4,6-7,11,13,15H,1-2,5,8-10H2,(H,20,21)/t13?,15-/m0/s1. The van der Waals surface area contributed by atoms with E-state index in [0.717, 1.165) is 18.5 Å². The summed E-state index contributed by atoms with van der Waals surface area (Å²) in [6.07, 6.45) is 3.73. The molecular weight excluding hydrogens is 302 g/mol. The maximum atomic E-state index is 12.7. The van der Waals surface area contributed by atoms with E-state index in [4.69, 9.17) is 16.7 Å². The number of carbonyl (C=O) groups is 2. The van der Waals surface area contributed by atoms with E-state index in [9.17, 15) is 9.59 Å². The molecule has 2 atom stereocenters. The molecule has 1 N–H and O–H groups in total. The first kappa shape index (κ1) is 15.3. The fraction of sp³-hybridized carbons (Fsp3) is 0.529. The van der Waals surface area contributed by atoms with Crippen molar-refractivity contribution in [2.45, 2.75) is 38.1 Å². The van der Waals surface area contributed by atoms with Crippen LogP contribution in [0.5, 0.6) is 0 Å². The SMILES string of the molecule is O=C(O)CC1CC[C@@H](c2ccc(Cl)cc2)N(CC2CC2)C1=O. The lowest BCUT2D eigenvalue weighted by atomic mass is 9.86. The van der Waals surface area contributed by atoms with Gasteiger partial charge in [-0.1, -0.05) is 23.7 Å². The van der Waals surface area contributed by atoms with Gasteiger partial charge in [0.1, 0.15) is 0 Å². The predicted octanol–water partition coefficient (Wildman–Crippen LogP) is 3.50. The molecule has 118 valence electrons. The number of hydrogen-bond acceptors (Lipinski definition) is 2. The summed E-state index contributed by atoms with van der Waals surface area (Å²) in [6, 6.07) is 7.69. The summed E-state index contributed by atoms with van der Waals surface area (Å²) in [5.74, 6) is -0.683. The second-order valence-electron chi connectivity index (χ2n) is 6.37. The summed E-state index contributed by atoms with van der Waals surface area (Å²) in [7, 11) is 0. The maximum absolute atomic E-state index is 12.7. The van der Waals surface area contributed by atoms with Crippen LogP contribution in [0.4, 0.5) is 0 Å². The molecule has 0 bridgehead atoms. The zero-order chi connectivity index (χ0) is 15.7. The lowest BCUT2D eigenvalue weighted by Crippen LogP contribution is -2.45. The summed E-state index contributed by atoms with van der Waals surface area (Å²) >= 11 is 5.94. The number of halogens is 1. The zero-order valence-corrected chi connectivity index (χ0v) is 13.1. The van der Waals surface area contributed by atoms with Crippen LogP contribution in [0.25, 0.3) is 0 Å². The van der Waals surface area contributed by atoms with E-state index in [1.54, 1.807) is 0 Å². The molecule has 1 amide bonds. The second-order valence-corrected chi connectivity index (χ2v) is 6.81. The molecule has 3 rings (SSSR count). The van der Waals surface area contributed by atoms with Crippen molar-refractivity contribution in [2.24, 2.45) is 11.8 Å². The summed E-state index contributed by atoms with van der Waals surface area (Å²) in [5.41, 5.74) is 1.09. The number of benzene rings is 1. The molecule has 2 aliphatic rings. The number of likely N-dealkylation sites (tertiary alicyclic amines) is 1. The van der Waals surface area contributed by atoms with Crippen molar-refractivity contribution < 1.29 is 14.7 Å². The van der Waals surface area contributed by atoms with Crippen LogP contribution < -0.4 is 0 Å². The Hall–Kier alpha value is -1.55. The third kappa shape index (κ3) is 3.43. The van der Waals surface area contributed by atoms with Crippen molar-refractivity contribution in [1.82, 2.24) is 4.90 Å². The highest BCUT2D eigenvalue weighted by atomic mass is 35.5. The highest BCUT2D eigenvalue weighted by Crippen LogP contribution is 2.39. The largest absolute Gasteiger partial charge is 0.481 e. The lowest BCUT2D eigenvalue weighted by Gasteiger charge is -2.39. The van der Waals surface area contributed by atoms with Gasteiger partial charge in [0.25, 0.3) is 0 Å². The molecule has 0 spiro atoms. The van der Waals surface area contributed by atoms with E-state index in [2.05, 4.69) is 0 Å². The number of amides is 1. The highest BCUT2D eigenvalue weighted by molar-refractivity contribution is 6.30. The topological polar surface area (TPSA) is 57.6 Å². The van der Waals surface area contributed by atoms with Crippen LogP contribution in [-0.2, 0) is 9.59 Å². The summed E-state index contributed by atoms with van der Waals surface area (Å²) in [4.78, 5) is 25.6. The first-order valence-corrected chi connectivity index (χ1v) is 8.20. The average Bonchev–Trinajstić information content (AvgIpc) is 3.28. The summed E-state index contributed by atoms with van der Waals surface area (Å²) in [5, 5.41) is 9.68. The first-order chi connectivity index (χ1) is 10.5. The van der Waals surface area contributed by atoms with Crippen LogP contribution in [0.3, 0.4) is 0 Å². The van der Waals surface area contributed by atoms with Gasteiger partial charge in [0.2, 0.25) is 5.91 Å². The normalized spacial score (nSPS) is 25.3. The first-order valence-electron chi connectivity index (χ1n) is 7.82. The third-order valence-electron chi connectivity index (χ3n) is 4.62. The smallest absolute Gasteiger partial charge is 0.304 e. The van der Waals surface area contributed by atoms with Crippen LogP contribution in [-0.4, -0.2) is 28.4 Å². The van der Waals surface area contributed by atoms with Gasteiger partial charge in [0, 0.05) is 17.5 Å². The molecule has 1 aromatic carbocycles. The Kier molecular flexibility index (Phi) is 4.39. The molecule has 1 heterocycles. The van der Waals surface area contributed by atoms with Gasteiger partial charge in [-0.05, 0) is 49.3 Å². The Morgan fingerprint density at radius 3 is 2.45 bits per heavy atom. The van der Waals surface area contributed by atoms with Crippen molar-refractivity contribution in [1.29, 1.82) is 0 Å². The van der Waals surface area contributed by atoms with Gasteiger partial charge in [-0.2, -0.15) is 0 Å². The molecule has 4 nitrogen and oxygen atoms in total. The number of carboxylic acids is 1. The van der Waals surface area contributed by atoms with Crippen molar-refractivity contribution >= 4 is 23.5 Å². The number of piperidine rings is 1. The Bertz CT molecular complexity index is 568. The van der Waals surface area contributed by atoms with Gasteiger partial charge in [-0.15, -0.1) is 0 Å². The minimum atomic E-state index is -0.894. The monoisotopic (exact) mass is 321 g/mol. The van der Waals surface area contributed by atoms with Gasteiger partial charge in [-0.25, -0.2) is 0 Å². The van der Waals surface area contributed by atoms with Crippen molar-refractivity contribution in [2.75, 3.05) is 6.54 Å². The van der Waals surface area contributed by atoms with Crippen molar-refractivity contribution in [3.63, 3.8) is 0 Å². The maximum Gasteiger partial charge on any atom is 0.304 e. The molecule has 1 saturated heterocycles. The Morgan fingerprint density at radius 1 is 1.18 bits per heavy atom. The molecule has 0 radical (unpaired) electrons. The average molecular weight is 322 g/mol. The van der Waals surface area contributed by atoms with Gasteiger partial charge < -0.3 is 10.0 Å². The molecule has 0 aromatic heterocycles. The molecule has 1 saturated carbocycles. The third-order valence-corrected chi connectivity index (χ3v) is 4.88. The number of carboxylic acid groups (broad SMARTS) is 1. The summed E-state index contributed by atoms with van der Waals surface area (Å²) < 4.78 is 0. The Labute approximate surface area is 135 Å². The minimum absolute atomic E-state index is 0.000463. The lowest BCUT2D eigenvalue weighted by molar-refractivity contribution is -0.149. The van der Waals surface area contributed by atoms with Crippen LogP contribution in [0.2, 0.25) is 5.02 Å². The molecule has 1 aliphatic carbocycles. The van der Waals surface area contributed by atoms with Crippen LogP contribution >= 0.6 is 11.6 Å². The molecular formula is C17H20ClNO3. The van der Waals surface area contributed by atoms with E-state index in [1.807, 2.05) is 29.2 Å². The van der Waals surface area contributed by atoms with Gasteiger partial charge >= 0.3 is 5.97 Å². The Morgan fingerprint density at radius 2 is 1.86 bits per heavy atom. The number of aliphatic carboxylic acids is 1. The molecule has 2 fully saturated rings. The molecule has 1 aromatic rings.